The minimum Gasteiger partial charge on any atom is -0.328 e. The summed E-state index contributed by atoms with van der Waals surface area (Å²) < 4.78 is 36.9. The standard InChI is InChI=1S/C8H12F3N3/c1-2-6(12)7-3-14(5-13-7)4-8(9,10)11/h3,5-6H,2,4,12H2,1H3. The molecule has 0 aliphatic rings. The maximum absolute atomic E-state index is 12.0. The molecule has 80 valence electrons. The number of nitrogens with two attached hydrogens (primary N) is 1. The second-order valence-corrected chi connectivity index (χ2v) is 3.10. The van der Waals surface area contributed by atoms with E-state index in [9.17, 15) is 13.2 Å². The molecule has 0 fully saturated rings. The van der Waals surface area contributed by atoms with Crippen molar-refractivity contribution in [3.63, 3.8) is 0 Å². The predicted molar refractivity (Wildman–Crippen MR) is 45.5 cm³/mol. The van der Waals surface area contributed by atoms with Gasteiger partial charge in [0.25, 0.3) is 0 Å². The van der Waals surface area contributed by atoms with Gasteiger partial charge < -0.3 is 10.3 Å². The van der Waals surface area contributed by atoms with E-state index in [1.807, 2.05) is 6.92 Å². The largest absolute Gasteiger partial charge is 0.406 e. The van der Waals surface area contributed by atoms with E-state index >= 15 is 0 Å². The second-order valence-electron chi connectivity index (χ2n) is 3.10. The summed E-state index contributed by atoms with van der Waals surface area (Å²) in [6.45, 7) is 0.837. The molecular formula is C8H12F3N3. The zero-order chi connectivity index (χ0) is 10.8. The van der Waals surface area contributed by atoms with E-state index < -0.39 is 12.7 Å². The first-order chi connectivity index (χ1) is 6.42. The molecule has 1 atom stereocenters. The first-order valence-corrected chi connectivity index (χ1v) is 4.26. The Hall–Kier alpha value is -1.04. The van der Waals surface area contributed by atoms with Gasteiger partial charge in [-0.25, -0.2) is 4.98 Å². The molecule has 0 aliphatic heterocycles. The minimum absolute atomic E-state index is 0.288. The van der Waals surface area contributed by atoms with Gasteiger partial charge in [0.2, 0.25) is 0 Å². The fourth-order valence-electron chi connectivity index (χ4n) is 1.07. The van der Waals surface area contributed by atoms with Crippen LogP contribution in [0.15, 0.2) is 12.5 Å². The van der Waals surface area contributed by atoms with Crippen molar-refractivity contribution in [3.05, 3.63) is 18.2 Å². The van der Waals surface area contributed by atoms with Crippen LogP contribution in [0, 0.1) is 0 Å². The fourth-order valence-corrected chi connectivity index (χ4v) is 1.07. The third-order valence-electron chi connectivity index (χ3n) is 1.83. The molecule has 6 heteroatoms. The molecule has 0 saturated heterocycles. The third-order valence-corrected chi connectivity index (χ3v) is 1.83. The Balaban J connectivity index is 2.69. The third kappa shape index (κ3) is 3.02. The van der Waals surface area contributed by atoms with Crippen molar-refractivity contribution in [1.82, 2.24) is 9.55 Å². The number of aromatic nitrogens is 2. The lowest BCUT2D eigenvalue weighted by atomic mass is 10.2. The molecule has 1 unspecified atom stereocenters. The molecule has 1 aromatic rings. The van der Waals surface area contributed by atoms with Gasteiger partial charge >= 0.3 is 6.18 Å². The van der Waals surface area contributed by atoms with Gasteiger partial charge in [0.1, 0.15) is 6.54 Å². The zero-order valence-electron chi connectivity index (χ0n) is 7.75. The first-order valence-electron chi connectivity index (χ1n) is 4.26. The van der Waals surface area contributed by atoms with Crippen molar-refractivity contribution < 1.29 is 13.2 Å². The molecule has 0 aliphatic carbocycles. The highest BCUT2D eigenvalue weighted by molar-refractivity contribution is 5.02. The smallest absolute Gasteiger partial charge is 0.328 e. The summed E-state index contributed by atoms with van der Waals surface area (Å²) in [5.41, 5.74) is 6.11. The number of hydrogen-bond donors (Lipinski definition) is 1. The van der Waals surface area contributed by atoms with E-state index in [2.05, 4.69) is 4.98 Å². The van der Waals surface area contributed by atoms with Gasteiger partial charge in [0, 0.05) is 12.2 Å². The lowest BCUT2D eigenvalue weighted by Crippen LogP contribution is -2.16. The summed E-state index contributed by atoms with van der Waals surface area (Å²) in [4.78, 5) is 3.81. The van der Waals surface area contributed by atoms with Crippen molar-refractivity contribution in [3.8, 4) is 0 Å². The van der Waals surface area contributed by atoms with E-state index in [-0.39, 0.29) is 6.04 Å². The van der Waals surface area contributed by atoms with Gasteiger partial charge in [-0.15, -0.1) is 0 Å². The summed E-state index contributed by atoms with van der Waals surface area (Å²) in [5.74, 6) is 0. The Bertz CT molecular complexity index is 292. The van der Waals surface area contributed by atoms with Crippen molar-refractivity contribution in [2.45, 2.75) is 32.1 Å². The van der Waals surface area contributed by atoms with Crippen LogP contribution in [0.3, 0.4) is 0 Å². The molecule has 0 spiro atoms. The van der Waals surface area contributed by atoms with Crippen LogP contribution in [0.4, 0.5) is 13.2 Å². The van der Waals surface area contributed by atoms with Gasteiger partial charge in [-0.1, -0.05) is 6.92 Å². The monoisotopic (exact) mass is 207 g/mol. The van der Waals surface area contributed by atoms with E-state index in [0.717, 1.165) is 10.9 Å². The normalized spacial score (nSPS) is 14.4. The van der Waals surface area contributed by atoms with Gasteiger partial charge in [0.15, 0.2) is 0 Å². The molecule has 1 rings (SSSR count). The van der Waals surface area contributed by atoms with Crippen LogP contribution in [0.25, 0.3) is 0 Å². The average Bonchev–Trinajstić information content (AvgIpc) is 2.48. The van der Waals surface area contributed by atoms with E-state index in [0.29, 0.717) is 12.1 Å². The lowest BCUT2D eigenvalue weighted by Gasteiger charge is -2.06. The number of alkyl halides is 3. The van der Waals surface area contributed by atoms with Crippen LogP contribution >= 0.6 is 0 Å². The molecule has 0 radical (unpaired) electrons. The summed E-state index contributed by atoms with van der Waals surface area (Å²) in [6.07, 6.45) is -1.07. The Morgan fingerprint density at radius 1 is 1.57 bits per heavy atom. The zero-order valence-corrected chi connectivity index (χ0v) is 7.75. The molecule has 0 saturated carbocycles. The number of imidazole rings is 1. The number of hydrogen-bond acceptors (Lipinski definition) is 2. The van der Waals surface area contributed by atoms with Crippen LogP contribution in [0.5, 0.6) is 0 Å². The van der Waals surface area contributed by atoms with Gasteiger partial charge in [-0.3, -0.25) is 0 Å². The summed E-state index contributed by atoms with van der Waals surface area (Å²) in [5, 5.41) is 0. The molecule has 0 amide bonds. The van der Waals surface area contributed by atoms with Crippen molar-refractivity contribution in [2.75, 3.05) is 0 Å². The lowest BCUT2D eigenvalue weighted by molar-refractivity contribution is -0.140. The van der Waals surface area contributed by atoms with Gasteiger partial charge in [-0.05, 0) is 6.42 Å². The van der Waals surface area contributed by atoms with Crippen molar-refractivity contribution in [1.29, 1.82) is 0 Å². The summed E-state index contributed by atoms with van der Waals surface area (Å²) in [7, 11) is 0. The van der Waals surface area contributed by atoms with E-state index in [4.69, 9.17) is 5.73 Å². The number of halogens is 3. The minimum atomic E-state index is -4.21. The maximum Gasteiger partial charge on any atom is 0.406 e. The topological polar surface area (TPSA) is 43.8 Å². The Labute approximate surface area is 79.7 Å². The van der Waals surface area contributed by atoms with E-state index in [1.54, 1.807) is 0 Å². The summed E-state index contributed by atoms with van der Waals surface area (Å²) in [6, 6.07) is -0.288. The molecular weight excluding hydrogens is 195 g/mol. The van der Waals surface area contributed by atoms with Crippen LogP contribution in [-0.2, 0) is 6.54 Å². The van der Waals surface area contributed by atoms with Crippen LogP contribution < -0.4 is 5.73 Å². The fraction of sp³-hybridized carbons (Fsp3) is 0.625. The highest BCUT2D eigenvalue weighted by Gasteiger charge is 2.27. The summed E-state index contributed by atoms with van der Waals surface area (Å²) >= 11 is 0. The molecule has 2 N–H and O–H groups in total. The molecule has 0 bridgehead atoms. The molecule has 14 heavy (non-hydrogen) atoms. The highest BCUT2D eigenvalue weighted by Crippen LogP contribution is 2.18. The number of rotatable bonds is 3. The van der Waals surface area contributed by atoms with Crippen LogP contribution in [0.1, 0.15) is 25.1 Å². The van der Waals surface area contributed by atoms with Gasteiger partial charge in [-0.2, -0.15) is 13.2 Å². The van der Waals surface area contributed by atoms with Crippen molar-refractivity contribution in [2.24, 2.45) is 5.73 Å². The molecule has 1 heterocycles. The molecule has 3 nitrogen and oxygen atoms in total. The van der Waals surface area contributed by atoms with Crippen LogP contribution in [0.2, 0.25) is 0 Å². The van der Waals surface area contributed by atoms with E-state index in [1.165, 1.54) is 6.20 Å². The SMILES string of the molecule is CCC(N)c1cn(CC(F)(F)F)cn1. The number of nitrogens with zero attached hydrogens (tertiary/aromatic N) is 2. The molecule has 0 aromatic carbocycles. The maximum atomic E-state index is 12.0. The average molecular weight is 207 g/mol. The Morgan fingerprint density at radius 2 is 2.21 bits per heavy atom. The Morgan fingerprint density at radius 3 is 2.71 bits per heavy atom. The quantitative estimate of drug-likeness (QED) is 0.822. The van der Waals surface area contributed by atoms with Gasteiger partial charge in [0.05, 0.1) is 12.0 Å². The predicted octanol–water partition coefficient (Wildman–Crippen LogP) is 1.86. The first kappa shape index (κ1) is 11.0. The van der Waals surface area contributed by atoms with Crippen molar-refractivity contribution >= 4 is 0 Å². The van der Waals surface area contributed by atoms with Crippen LogP contribution in [-0.4, -0.2) is 15.7 Å². The molecule has 1 aromatic heterocycles. The second kappa shape index (κ2) is 4.00. The Kier molecular flexibility index (Phi) is 3.15. The highest BCUT2D eigenvalue weighted by atomic mass is 19.4.